The average molecular weight is 521 g/mol. The van der Waals surface area contributed by atoms with Crippen molar-refractivity contribution in [1.29, 1.82) is 0 Å². The summed E-state index contributed by atoms with van der Waals surface area (Å²) >= 11 is 0. The minimum atomic E-state index is 0. The molecule has 0 aliphatic heterocycles. The van der Waals surface area contributed by atoms with Crippen molar-refractivity contribution >= 4 is 21.5 Å². The third-order valence-corrected chi connectivity index (χ3v) is 3.32. The molecule has 4 rings (SSSR count). The Morgan fingerprint density at radius 3 is 0.432 bits per heavy atom. The third-order valence-electron chi connectivity index (χ3n) is 3.32. The molecule has 4 aromatic carbocycles. The van der Waals surface area contributed by atoms with Gasteiger partial charge in [0.1, 0.15) is 0 Å². The standard InChI is InChI=1S/2C10H8.4C2H6.4CH4O.CH4/c2*1-2-6-10-8-4-3-7-9(10)5-1;8*1-2;/h2*1-8H;4*1-2H3;4*2H,1H3;1H4. The van der Waals surface area contributed by atoms with Crippen molar-refractivity contribution < 1.29 is 20.4 Å². The first-order valence-corrected chi connectivity index (χ1v) is 12.6. The van der Waals surface area contributed by atoms with Crippen molar-refractivity contribution in [1.82, 2.24) is 0 Å². The number of hydrogen-bond acceptors (Lipinski definition) is 4. The Kier molecular flexibility index (Phi) is 74.7. The fourth-order valence-electron chi connectivity index (χ4n) is 2.27. The van der Waals surface area contributed by atoms with Crippen LogP contribution in [0, 0.1) is 0 Å². The Morgan fingerprint density at radius 1 is 0.270 bits per heavy atom. The van der Waals surface area contributed by atoms with Crippen molar-refractivity contribution in [3.8, 4) is 0 Å². The molecule has 4 heteroatoms. The Bertz CT molecular complexity index is 632. The lowest BCUT2D eigenvalue weighted by atomic mass is 10.1. The van der Waals surface area contributed by atoms with E-state index in [0.717, 1.165) is 28.4 Å². The first-order valence-electron chi connectivity index (χ1n) is 12.6. The summed E-state index contributed by atoms with van der Waals surface area (Å²) in [6, 6.07) is 33.4. The summed E-state index contributed by atoms with van der Waals surface area (Å²) < 4.78 is 0. The van der Waals surface area contributed by atoms with Crippen LogP contribution in [0.15, 0.2) is 97.1 Å². The van der Waals surface area contributed by atoms with Gasteiger partial charge in [-0.05, 0) is 21.5 Å². The second-order valence-corrected chi connectivity index (χ2v) is 4.69. The van der Waals surface area contributed by atoms with E-state index in [0.29, 0.717) is 0 Å². The maximum absolute atomic E-state index is 7.00. The molecule has 4 aromatic rings. The second kappa shape index (κ2) is 54.2. The molecule has 0 bridgehead atoms. The van der Waals surface area contributed by atoms with E-state index >= 15 is 0 Å². The second-order valence-electron chi connectivity index (χ2n) is 4.69. The summed E-state index contributed by atoms with van der Waals surface area (Å²) in [6.45, 7) is 16.0. The first-order chi connectivity index (χ1) is 17.9. The van der Waals surface area contributed by atoms with E-state index in [1.165, 1.54) is 21.5 Å². The molecule has 0 aliphatic carbocycles. The van der Waals surface area contributed by atoms with E-state index in [2.05, 4.69) is 97.1 Å². The van der Waals surface area contributed by atoms with Gasteiger partial charge in [-0.25, -0.2) is 0 Å². The van der Waals surface area contributed by atoms with Crippen molar-refractivity contribution in [2.75, 3.05) is 28.4 Å². The molecule has 0 radical (unpaired) electrons. The average Bonchev–Trinajstić information content (AvgIpc) is 3.05. The van der Waals surface area contributed by atoms with Gasteiger partial charge in [0.2, 0.25) is 0 Å². The highest BCUT2D eigenvalue weighted by Gasteiger charge is 1.86. The van der Waals surface area contributed by atoms with Gasteiger partial charge in [-0.15, -0.1) is 0 Å². The highest BCUT2D eigenvalue weighted by molar-refractivity contribution is 5.82. The quantitative estimate of drug-likeness (QED) is 0.187. The van der Waals surface area contributed by atoms with E-state index in [9.17, 15) is 0 Å². The molecule has 4 nitrogen and oxygen atoms in total. The monoisotopic (exact) mass is 520 g/mol. The highest BCUT2D eigenvalue weighted by atomic mass is 16.2. The van der Waals surface area contributed by atoms with Gasteiger partial charge in [-0.2, -0.15) is 0 Å². The van der Waals surface area contributed by atoms with Gasteiger partial charge in [0.15, 0.2) is 0 Å². The van der Waals surface area contributed by atoms with E-state index < -0.39 is 0 Å². The van der Waals surface area contributed by atoms with Gasteiger partial charge in [-0.3, -0.25) is 0 Å². The molecular weight excluding hydrogens is 460 g/mol. The van der Waals surface area contributed by atoms with Crippen molar-refractivity contribution in [2.24, 2.45) is 0 Å². The summed E-state index contributed by atoms with van der Waals surface area (Å²) in [7, 11) is 4.00. The van der Waals surface area contributed by atoms with Crippen LogP contribution in [0.3, 0.4) is 0 Å². The van der Waals surface area contributed by atoms with Crippen LogP contribution in [0.1, 0.15) is 62.8 Å². The molecule has 0 aromatic heterocycles. The maximum atomic E-state index is 7.00. The molecule has 0 spiro atoms. The lowest BCUT2D eigenvalue weighted by molar-refractivity contribution is 0.399. The maximum Gasteiger partial charge on any atom is 0.0319 e. The largest absolute Gasteiger partial charge is 0.400 e. The first kappa shape index (κ1) is 51.0. The van der Waals surface area contributed by atoms with Gasteiger partial charge in [0.05, 0.1) is 0 Å². The van der Waals surface area contributed by atoms with Crippen molar-refractivity contribution in [3.05, 3.63) is 97.1 Å². The minimum Gasteiger partial charge on any atom is -0.400 e. The molecule has 216 valence electrons. The molecule has 0 amide bonds. The van der Waals surface area contributed by atoms with Gasteiger partial charge in [0, 0.05) is 28.4 Å². The predicted octanol–water partition coefficient (Wildman–Crippen LogP) is 8.85. The fraction of sp³-hybridized carbons (Fsp3) is 0.394. The predicted molar refractivity (Wildman–Crippen MR) is 173 cm³/mol. The molecule has 0 unspecified atom stereocenters. The van der Waals surface area contributed by atoms with Gasteiger partial charge < -0.3 is 20.4 Å². The van der Waals surface area contributed by atoms with Crippen LogP contribution in [0.2, 0.25) is 0 Å². The minimum absolute atomic E-state index is 0. The summed E-state index contributed by atoms with van der Waals surface area (Å²) in [6.07, 6.45) is 0. The van der Waals surface area contributed by atoms with E-state index in [1.54, 1.807) is 0 Å². The summed E-state index contributed by atoms with van der Waals surface area (Å²) in [4.78, 5) is 0. The zero-order chi connectivity index (χ0) is 29.6. The van der Waals surface area contributed by atoms with E-state index in [1.807, 2.05) is 55.4 Å². The van der Waals surface area contributed by atoms with E-state index in [-0.39, 0.29) is 7.43 Å². The van der Waals surface area contributed by atoms with Crippen LogP contribution in [0.4, 0.5) is 0 Å². The Labute approximate surface area is 230 Å². The zero-order valence-electron chi connectivity index (χ0n) is 25.0. The Hall–Kier alpha value is -2.76. The number of benzene rings is 4. The molecule has 0 aliphatic rings. The lowest BCUT2D eigenvalue weighted by Gasteiger charge is -1.92. The number of rotatable bonds is 0. The Morgan fingerprint density at radius 2 is 0.351 bits per heavy atom. The van der Waals surface area contributed by atoms with Crippen LogP contribution in [-0.4, -0.2) is 48.9 Å². The summed E-state index contributed by atoms with van der Waals surface area (Å²) in [5, 5.41) is 33.2. The van der Waals surface area contributed by atoms with Crippen LogP contribution in [0.5, 0.6) is 0 Å². The fourth-order valence-corrected chi connectivity index (χ4v) is 2.27. The third kappa shape index (κ3) is 29.4. The summed E-state index contributed by atoms with van der Waals surface area (Å²) in [5.41, 5.74) is 0. The molecule has 0 fully saturated rings. The van der Waals surface area contributed by atoms with Gasteiger partial charge in [0.25, 0.3) is 0 Å². The molecule has 0 saturated carbocycles. The number of hydrogen-bond donors (Lipinski definition) is 4. The number of aliphatic hydroxyl groups is 4. The molecule has 0 heterocycles. The molecule has 0 saturated heterocycles. The number of fused-ring (bicyclic) bond motifs is 2. The number of aliphatic hydroxyl groups excluding tert-OH is 4. The molecule has 37 heavy (non-hydrogen) atoms. The zero-order valence-corrected chi connectivity index (χ0v) is 25.0. The Balaban J connectivity index is -0.0000000626. The topological polar surface area (TPSA) is 80.9 Å². The van der Waals surface area contributed by atoms with Crippen molar-refractivity contribution in [3.63, 3.8) is 0 Å². The summed E-state index contributed by atoms with van der Waals surface area (Å²) in [5.74, 6) is 0. The van der Waals surface area contributed by atoms with Crippen LogP contribution in [-0.2, 0) is 0 Å². The van der Waals surface area contributed by atoms with Crippen LogP contribution in [0.25, 0.3) is 21.5 Å². The molecular formula is C33H60O4. The SMILES string of the molecule is C.CC.CC.CC.CC.CO.CO.CO.CO.c1ccc2ccccc2c1.c1ccc2ccccc2c1. The van der Waals surface area contributed by atoms with Gasteiger partial charge in [-0.1, -0.05) is 160 Å². The molecule has 0 atom stereocenters. The lowest BCUT2D eigenvalue weighted by Crippen LogP contribution is -1.67. The van der Waals surface area contributed by atoms with Crippen molar-refractivity contribution in [2.45, 2.75) is 62.8 Å². The van der Waals surface area contributed by atoms with Crippen LogP contribution < -0.4 is 0 Å². The molecule has 4 N–H and O–H groups in total. The highest BCUT2D eigenvalue weighted by Crippen LogP contribution is 2.12. The van der Waals surface area contributed by atoms with Crippen LogP contribution >= 0.6 is 0 Å². The normalized spacial score (nSPS) is 6.70. The van der Waals surface area contributed by atoms with E-state index in [4.69, 9.17) is 20.4 Å². The smallest absolute Gasteiger partial charge is 0.0319 e. The van der Waals surface area contributed by atoms with Gasteiger partial charge >= 0.3 is 0 Å².